The van der Waals surface area contributed by atoms with E-state index in [2.05, 4.69) is 34.3 Å². The molecule has 2 aromatic carbocycles. The van der Waals surface area contributed by atoms with E-state index in [9.17, 15) is 4.39 Å². The highest BCUT2D eigenvalue weighted by Gasteiger charge is 2.37. The van der Waals surface area contributed by atoms with Crippen molar-refractivity contribution in [1.29, 1.82) is 0 Å². The molecule has 1 aromatic heterocycles. The molecule has 0 unspecified atom stereocenters. The normalized spacial score (nSPS) is 15.3. The van der Waals surface area contributed by atoms with Crippen LogP contribution in [0.4, 0.5) is 10.3 Å². The van der Waals surface area contributed by atoms with Gasteiger partial charge in [0.05, 0.1) is 7.11 Å². The van der Waals surface area contributed by atoms with Gasteiger partial charge in [0.2, 0.25) is 11.8 Å². The average Bonchev–Trinajstić information content (AvgIpc) is 2.80. The molecule has 1 aliphatic heterocycles. The monoisotopic (exact) mass is 423 g/mol. The Hall–Kier alpha value is -3.19. The van der Waals surface area contributed by atoms with Crippen LogP contribution < -0.4 is 14.8 Å². The molecule has 0 bridgehead atoms. The molecule has 1 fully saturated rings. The van der Waals surface area contributed by atoms with E-state index in [-0.39, 0.29) is 11.2 Å². The van der Waals surface area contributed by atoms with Gasteiger partial charge in [-0.1, -0.05) is 17.7 Å². The summed E-state index contributed by atoms with van der Waals surface area (Å²) in [5.41, 5.74) is 2.20. The minimum Gasteiger partial charge on any atom is -0.496 e. The SMILES string of the molecule is COc1ccc(C)cc1C1(CNc2nccc(Oc3ccc(F)cc3)n2)CCOCC1. The number of rotatable bonds is 7. The lowest BCUT2D eigenvalue weighted by Gasteiger charge is -2.38. The maximum Gasteiger partial charge on any atom is 0.225 e. The second-order valence-corrected chi connectivity index (χ2v) is 7.72. The fourth-order valence-electron chi connectivity index (χ4n) is 3.90. The smallest absolute Gasteiger partial charge is 0.225 e. The maximum atomic E-state index is 13.1. The van der Waals surface area contributed by atoms with Gasteiger partial charge in [-0.2, -0.15) is 4.98 Å². The Kier molecular flexibility index (Phi) is 6.32. The molecule has 0 radical (unpaired) electrons. The molecular formula is C24H26FN3O3. The number of anilines is 1. The van der Waals surface area contributed by atoms with Gasteiger partial charge in [0.25, 0.3) is 0 Å². The Bertz CT molecular complexity index is 1020. The molecule has 4 rings (SSSR count). The van der Waals surface area contributed by atoms with E-state index in [0.717, 1.165) is 18.6 Å². The Morgan fingerprint density at radius 1 is 1.10 bits per heavy atom. The molecule has 0 spiro atoms. The first-order chi connectivity index (χ1) is 15.1. The third kappa shape index (κ3) is 4.94. The molecule has 31 heavy (non-hydrogen) atoms. The minimum atomic E-state index is -0.314. The predicted octanol–water partition coefficient (Wildman–Crippen LogP) is 4.89. The number of benzene rings is 2. The maximum absolute atomic E-state index is 13.1. The van der Waals surface area contributed by atoms with E-state index in [1.54, 1.807) is 31.5 Å². The van der Waals surface area contributed by atoms with Crippen LogP contribution in [0.3, 0.4) is 0 Å². The van der Waals surface area contributed by atoms with E-state index in [4.69, 9.17) is 14.2 Å². The van der Waals surface area contributed by atoms with E-state index >= 15 is 0 Å². The Balaban J connectivity index is 1.54. The van der Waals surface area contributed by atoms with Crippen molar-refractivity contribution in [2.45, 2.75) is 25.2 Å². The number of nitrogens with one attached hydrogen (secondary N) is 1. The molecule has 162 valence electrons. The van der Waals surface area contributed by atoms with Crippen LogP contribution in [0.2, 0.25) is 0 Å². The number of methoxy groups -OCH3 is 1. The third-order valence-corrected chi connectivity index (χ3v) is 5.63. The fraction of sp³-hybridized carbons (Fsp3) is 0.333. The lowest BCUT2D eigenvalue weighted by atomic mass is 9.73. The molecule has 7 heteroatoms. The molecule has 1 aliphatic rings. The zero-order valence-electron chi connectivity index (χ0n) is 17.7. The summed E-state index contributed by atoms with van der Waals surface area (Å²) in [6.45, 7) is 4.10. The number of hydrogen-bond acceptors (Lipinski definition) is 6. The summed E-state index contributed by atoms with van der Waals surface area (Å²) < 4.78 is 30.2. The summed E-state index contributed by atoms with van der Waals surface area (Å²) >= 11 is 0. The van der Waals surface area contributed by atoms with Crippen molar-refractivity contribution in [3.63, 3.8) is 0 Å². The summed E-state index contributed by atoms with van der Waals surface area (Å²) in [6, 6.07) is 13.8. The first kappa shape index (κ1) is 21.1. The molecule has 1 saturated heterocycles. The van der Waals surface area contributed by atoms with Gasteiger partial charge < -0.3 is 19.5 Å². The van der Waals surface area contributed by atoms with Crippen molar-refractivity contribution in [1.82, 2.24) is 9.97 Å². The van der Waals surface area contributed by atoms with Gasteiger partial charge in [0, 0.05) is 43.0 Å². The largest absolute Gasteiger partial charge is 0.496 e. The topological polar surface area (TPSA) is 65.5 Å². The molecule has 0 atom stereocenters. The summed E-state index contributed by atoms with van der Waals surface area (Å²) in [5, 5.41) is 3.39. The first-order valence-electron chi connectivity index (χ1n) is 10.3. The zero-order valence-corrected chi connectivity index (χ0v) is 17.7. The molecule has 0 aliphatic carbocycles. The van der Waals surface area contributed by atoms with Gasteiger partial charge in [0.1, 0.15) is 17.3 Å². The quantitative estimate of drug-likeness (QED) is 0.584. The van der Waals surface area contributed by atoms with Crippen LogP contribution in [-0.4, -0.2) is 36.8 Å². The van der Waals surface area contributed by atoms with Crippen LogP contribution in [0.5, 0.6) is 17.4 Å². The third-order valence-electron chi connectivity index (χ3n) is 5.63. The number of ether oxygens (including phenoxy) is 3. The average molecular weight is 423 g/mol. The summed E-state index contributed by atoms with van der Waals surface area (Å²) in [6.07, 6.45) is 3.37. The first-order valence-corrected chi connectivity index (χ1v) is 10.3. The molecular weight excluding hydrogens is 397 g/mol. The number of hydrogen-bond donors (Lipinski definition) is 1. The van der Waals surface area contributed by atoms with Crippen molar-refractivity contribution < 1.29 is 18.6 Å². The van der Waals surface area contributed by atoms with Gasteiger partial charge in [-0.25, -0.2) is 9.37 Å². The van der Waals surface area contributed by atoms with Crippen molar-refractivity contribution in [3.05, 3.63) is 71.7 Å². The zero-order chi connectivity index (χ0) is 21.7. The van der Waals surface area contributed by atoms with Gasteiger partial charge in [-0.05, 0) is 50.1 Å². The fourth-order valence-corrected chi connectivity index (χ4v) is 3.90. The Morgan fingerprint density at radius 3 is 2.61 bits per heavy atom. The standard InChI is InChI=1S/C24H26FN3O3/c1-17-3-8-21(29-2)20(15-17)24(10-13-30-14-11-24)16-27-23-26-12-9-22(28-23)31-19-6-4-18(25)5-7-19/h3-9,12,15H,10-11,13-14,16H2,1-2H3,(H,26,27,28). The van der Waals surface area contributed by atoms with Gasteiger partial charge in [-0.15, -0.1) is 0 Å². The van der Waals surface area contributed by atoms with E-state index < -0.39 is 0 Å². The lowest BCUT2D eigenvalue weighted by molar-refractivity contribution is 0.0535. The highest BCUT2D eigenvalue weighted by Crippen LogP contribution is 2.40. The van der Waals surface area contributed by atoms with E-state index in [1.165, 1.54) is 23.3 Å². The summed E-state index contributed by atoms with van der Waals surface area (Å²) in [7, 11) is 1.70. The minimum absolute atomic E-state index is 0.160. The second-order valence-electron chi connectivity index (χ2n) is 7.72. The van der Waals surface area contributed by atoms with Crippen LogP contribution in [0.15, 0.2) is 54.7 Å². The van der Waals surface area contributed by atoms with Crippen LogP contribution in [-0.2, 0) is 10.2 Å². The van der Waals surface area contributed by atoms with E-state index in [0.29, 0.717) is 37.3 Å². The molecule has 6 nitrogen and oxygen atoms in total. The summed E-state index contributed by atoms with van der Waals surface area (Å²) in [5.74, 6) is 1.93. The number of aromatic nitrogens is 2. The Morgan fingerprint density at radius 2 is 1.87 bits per heavy atom. The summed E-state index contributed by atoms with van der Waals surface area (Å²) in [4.78, 5) is 8.80. The molecule has 3 aromatic rings. The molecule has 2 heterocycles. The van der Waals surface area contributed by atoms with Crippen LogP contribution in [0, 0.1) is 12.7 Å². The highest BCUT2D eigenvalue weighted by molar-refractivity contribution is 5.44. The van der Waals surface area contributed by atoms with Gasteiger partial charge in [0.15, 0.2) is 0 Å². The predicted molar refractivity (Wildman–Crippen MR) is 116 cm³/mol. The van der Waals surface area contributed by atoms with Crippen LogP contribution in [0.1, 0.15) is 24.0 Å². The molecule has 0 saturated carbocycles. The number of nitrogens with zero attached hydrogens (tertiary/aromatic N) is 2. The molecule has 1 N–H and O–H groups in total. The lowest BCUT2D eigenvalue weighted by Crippen LogP contribution is -2.40. The van der Waals surface area contributed by atoms with Crippen molar-refractivity contribution in [3.8, 4) is 17.4 Å². The van der Waals surface area contributed by atoms with Crippen LogP contribution >= 0.6 is 0 Å². The number of aryl methyl sites for hydroxylation is 1. The van der Waals surface area contributed by atoms with Crippen molar-refractivity contribution in [2.75, 3.05) is 32.2 Å². The highest BCUT2D eigenvalue weighted by atomic mass is 19.1. The Labute approximate surface area is 181 Å². The van der Waals surface area contributed by atoms with Crippen molar-refractivity contribution in [2.24, 2.45) is 0 Å². The van der Waals surface area contributed by atoms with E-state index in [1.807, 2.05) is 6.07 Å². The van der Waals surface area contributed by atoms with Crippen LogP contribution in [0.25, 0.3) is 0 Å². The number of halogens is 1. The molecule has 0 amide bonds. The van der Waals surface area contributed by atoms with Crippen molar-refractivity contribution >= 4 is 5.95 Å². The van der Waals surface area contributed by atoms with Gasteiger partial charge in [-0.3, -0.25) is 0 Å². The van der Waals surface area contributed by atoms with Gasteiger partial charge >= 0.3 is 0 Å². The second kappa shape index (κ2) is 9.31.